The van der Waals surface area contributed by atoms with Crippen LogP contribution in [0.25, 0.3) is 11.5 Å². The van der Waals surface area contributed by atoms with Gasteiger partial charge in [-0.25, -0.2) is 4.98 Å². The molecule has 0 N–H and O–H groups in total. The molecular weight excluding hydrogens is 306 g/mol. The molecule has 7 nitrogen and oxygen atoms in total. The number of hydrogen-bond acceptors (Lipinski definition) is 5. The fraction of sp³-hybridized carbons (Fsp3) is 0.294. The number of amides is 1. The highest BCUT2D eigenvalue weighted by Crippen LogP contribution is 2.19. The van der Waals surface area contributed by atoms with Gasteiger partial charge >= 0.3 is 0 Å². The van der Waals surface area contributed by atoms with Gasteiger partial charge in [-0.15, -0.1) is 10.2 Å². The van der Waals surface area contributed by atoms with Crippen molar-refractivity contribution in [2.45, 2.75) is 26.4 Å². The van der Waals surface area contributed by atoms with Crippen molar-refractivity contribution < 1.29 is 9.21 Å². The molecule has 1 aliphatic rings. The minimum atomic E-state index is 0.0230. The summed E-state index contributed by atoms with van der Waals surface area (Å²) >= 11 is 0. The quantitative estimate of drug-likeness (QED) is 0.735. The molecule has 0 unspecified atom stereocenters. The molecule has 3 heterocycles. The smallest absolute Gasteiger partial charge is 0.229 e. The Morgan fingerprint density at radius 1 is 1.21 bits per heavy atom. The molecule has 0 atom stereocenters. The molecule has 0 saturated carbocycles. The number of aromatic nitrogens is 4. The summed E-state index contributed by atoms with van der Waals surface area (Å²) in [5, 5.41) is 8.19. The Morgan fingerprint density at radius 2 is 2.04 bits per heavy atom. The van der Waals surface area contributed by atoms with Crippen LogP contribution in [0, 0.1) is 6.92 Å². The maximum atomic E-state index is 12.5. The molecule has 24 heavy (non-hydrogen) atoms. The van der Waals surface area contributed by atoms with Crippen LogP contribution < -0.4 is 0 Å². The van der Waals surface area contributed by atoms with E-state index in [1.807, 2.05) is 41.8 Å². The van der Waals surface area contributed by atoms with Crippen LogP contribution in [0.3, 0.4) is 0 Å². The summed E-state index contributed by atoms with van der Waals surface area (Å²) in [4.78, 5) is 18.7. The topological polar surface area (TPSA) is 77.0 Å². The van der Waals surface area contributed by atoms with Gasteiger partial charge in [-0.3, -0.25) is 4.79 Å². The highest BCUT2D eigenvalue weighted by molar-refractivity contribution is 5.78. The van der Waals surface area contributed by atoms with E-state index in [1.54, 1.807) is 11.2 Å². The Balaban J connectivity index is 1.45. The standard InChI is InChI=1S/C17H17N5O2/c1-12-19-20-15-10-21(7-8-22(12)15)16(23)9-14-11-24-17(18-14)13-5-3-2-4-6-13/h2-6,11H,7-10H2,1H3. The zero-order chi connectivity index (χ0) is 16.5. The number of carbonyl (C=O) groups excluding carboxylic acids is 1. The normalized spacial score (nSPS) is 13.8. The molecule has 1 aromatic carbocycles. The first kappa shape index (κ1) is 14.6. The van der Waals surface area contributed by atoms with Crippen LogP contribution in [-0.4, -0.2) is 37.1 Å². The minimum Gasteiger partial charge on any atom is -0.444 e. The van der Waals surface area contributed by atoms with Crippen molar-refractivity contribution in [3.8, 4) is 11.5 Å². The molecule has 0 aliphatic carbocycles. The third-order valence-corrected chi connectivity index (χ3v) is 4.20. The molecule has 7 heteroatoms. The highest BCUT2D eigenvalue weighted by Gasteiger charge is 2.24. The predicted octanol–water partition coefficient (Wildman–Crippen LogP) is 1.83. The second kappa shape index (κ2) is 5.92. The third-order valence-electron chi connectivity index (χ3n) is 4.20. The van der Waals surface area contributed by atoms with Gasteiger partial charge in [-0.05, 0) is 19.1 Å². The summed E-state index contributed by atoms with van der Waals surface area (Å²) in [6.07, 6.45) is 1.78. The third kappa shape index (κ3) is 2.68. The summed E-state index contributed by atoms with van der Waals surface area (Å²) in [6.45, 7) is 3.81. The van der Waals surface area contributed by atoms with E-state index in [2.05, 4.69) is 15.2 Å². The van der Waals surface area contributed by atoms with Crippen molar-refractivity contribution >= 4 is 5.91 Å². The number of aryl methyl sites for hydroxylation is 1. The maximum absolute atomic E-state index is 12.5. The number of nitrogens with zero attached hydrogens (tertiary/aromatic N) is 5. The molecule has 4 rings (SSSR count). The monoisotopic (exact) mass is 323 g/mol. The van der Waals surface area contributed by atoms with Crippen LogP contribution in [0.1, 0.15) is 17.3 Å². The van der Waals surface area contributed by atoms with Crippen molar-refractivity contribution in [2.24, 2.45) is 0 Å². The lowest BCUT2D eigenvalue weighted by Crippen LogP contribution is -2.39. The van der Waals surface area contributed by atoms with Crippen molar-refractivity contribution in [1.29, 1.82) is 0 Å². The minimum absolute atomic E-state index is 0.0230. The molecule has 0 saturated heterocycles. The highest BCUT2D eigenvalue weighted by atomic mass is 16.3. The average Bonchev–Trinajstić information content (AvgIpc) is 3.22. The van der Waals surface area contributed by atoms with E-state index in [9.17, 15) is 4.79 Å². The van der Waals surface area contributed by atoms with Gasteiger partial charge in [0.25, 0.3) is 0 Å². The summed E-state index contributed by atoms with van der Waals surface area (Å²) in [6, 6.07) is 9.65. The van der Waals surface area contributed by atoms with Gasteiger partial charge < -0.3 is 13.9 Å². The van der Waals surface area contributed by atoms with Crippen LogP contribution in [0.2, 0.25) is 0 Å². The first-order valence-corrected chi connectivity index (χ1v) is 7.87. The molecule has 0 bridgehead atoms. The number of hydrogen-bond donors (Lipinski definition) is 0. The Kier molecular flexibility index (Phi) is 3.60. The number of oxazole rings is 1. The molecule has 0 radical (unpaired) electrons. The first-order chi connectivity index (χ1) is 11.7. The van der Waals surface area contributed by atoms with Gasteiger partial charge in [-0.1, -0.05) is 18.2 Å². The second-order valence-corrected chi connectivity index (χ2v) is 5.82. The molecule has 0 fully saturated rings. The number of carbonyl (C=O) groups is 1. The predicted molar refractivity (Wildman–Crippen MR) is 85.8 cm³/mol. The van der Waals surface area contributed by atoms with Crippen LogP contribution in [0.4, 0.5) is 0 Å². The molecule has 1 amide bonds. The fourth-order valence-electron chi connectivity index (χ4n) is 2.88. The summed E-state index contributed by atoms with van der Waals surface area (Å²) in [5.41, 5.74) is 1.54. The van der Waals surface area contributed by atoms with Gasteiger partial charge in [0.05, 0.1) is 18.7 Å². The van der Waals surface area contributed by atoms with E-state index in [-0.39, 0.29) is 12.3 Å². The molecule has 122 valence electrons. The van der Waals surface area contributed by atoms with Gasteiger partial charge in [0.2, 0.25) is 11.8 Å². The zero-order valence-corrected chi connectivity index (χ0v) is 13.3. The average molecular weight is 323 g/mol. The number of rotatable bonds is 3. The van der Waals surface area contributed by atoms with E-state index in [4.69, 9.17) is 4.42 Å². The van der Waals surface area contributed by atoms with E-state index in [1.165, 1.54) is 0 Å². The van der Waals surface area contributed by atoms with Crippen LogP contribution in [0.15, 0.2) is 41.0 Å². The van der Waals surface area contributed by atoms with E-state index in [0.717, 1.165) is 23.8 Å². The van der Waals surface area contributed by atoms with E-state index < -0.39 is 0 Å². The lowest BCUT2D eigenvalue weighted by atomic mass is 10.2. The molecule has 0 spiro atoms. The number of fused-ring (bicyclic) bond motifs is 1. The van der Waals surface area contributed by atoms with Crippen LogP contribution in [-0.2, 0) is 24.3 Å². The van der Waals surface area contributed by atoms with Gasteiger partial charge in [0, 0.05) is 18.7 Å². The van der Waals surface area contributed by atoms with Crippen molar-refractivity contribution in [3.63, 3.8) is 0 Å². The van der Waals surface area contributed by atoms with E-state index in [0.29, 0.717) is 24.7 Å². The van der Waals surface area contributed by atoms with E-state index >= 15 is 0 Å². The zero-order valence-electron chi connectivity index (χ0n) is 13.3. The molecule has 1 aliphatic heterocycles. The summed E-state index contributed by atoms with van der Waals surface area (Å²) < 4.78 is 7.54. The number of benzene rings is 1. The largest absolute Gasteiger partial charge is 0.444 e. The Labute approximate surface area is 138 Å². The summed E-state index contributed by atoms with van der Waals surface area (Å²) in [7, 11) is 0. The molecule has 2 aromatic heterocycles. The molecular formula is C17H17N5O2. The van der Waals surface area contributed by atoms with Gasteiger partial charge in [0.15, 0.2) is 5.82 Å². The Hall–Kier alpha value is -2.96. The second-order valence-electron chi connectivity index (χ2n) is 5.82. The Bertz CT molecular complexity index is 868. The fourth-order valence-corrected chi connectivity index (χ4v) is 2.88. The Morgan fingerprint density at radius 3 is 2.88 bits per heavy atom. The lowest BCUT2D eigenvalue weighted by molar-refractivity contribution is -0.132. The summed E-state index contributed by atoms with van der Waals surface area (Å²) in [5.74, 6) is 2.28. The van der Waals surface area contributed by atoms with Crippen LogP contribution >= 0.6 is 0 Å². The van der Waals surface area contributed by atoms with Crippen molar-refractivity contribution in [3.05, 3.63) is 53.9 Å². The van der Waals surface area contributed by atoms with Crippen molar-refractivity contribution in [2.75, 3.05) is 6.54 Å². The SMILES string of the molecule is Cc1nnc2n1CCN(C(=O)Cc1coc(-c3ccccc3)n1)C2. The van der Waals surface area contributed by atoms with Gasteiger partial charge in [-0.2, -0.15) is 0 Å². The lowest BCUT2D eigenvalue weighted by Gasteiger charge is -2.27. The van der Waals surface area contributed by atoms with Crippen molar-refractivity contribution in [1.82, 2.24) is 24.6 Å². The maximum Gasteiger partial charge on any atom is 0.229 e. The van der Waals surface area contributed by atoms with Crippen LogP contribution in [0.5, 0.6) is 0 Å². The first-order valence-electron chi connectivity index (χ1n) is 7.87. The van der Waals surface area contributed by atoms with Gasteiger partial charge in [0.1, 0.15) is 12.1 Å². The molecule has 3 aromatic rings.